The number of hydrogen-bond donors (Lipinski definition) is 1. The van der Waals surface area contributed by atoms with Crippen LogP contribution in [0.5, 0.6) is 0 Å². The normalized spacial score (nSPS) is 10.7. The molecule has 0 aliphatic carbocycles. The molecule has 3 nitrogen and oxygen atoms in total. The number of nitrogens with zero attached hydrogens (tertiary/aromatic N) is 1. The third-order valence-electron chi connectivity index (χ3n) is 2.91. The largest absolute Gasteiger partial charge is 0.325 e. The van der Waals surface area contributed by atoms with E-state index < -0.39 is 0 Å². The average Bonchev–Trinajstić information content (AvgIpc) is 2.44. The summed E-state index contributed by atoms with van der Waals surface area (Å²) in [5.41, 5.74) is 1.76. The van der Waals surface area contributed by atoms with Gasteiger partial charge in [-0.3, -0.25) is 9.69 Å². The Morgan fingerprint density at radius 1 is 1.14 bits per heavy atom. The highest BCUT2D eigenvalue weighted by atomic mass is 127. The van der Waals surface area contributed by atoms with E-state index in [0.717, 1.165) is 14.8 Å². The molecule has 0 aromatic heterocycles. The van der Waals surface area contributed by atoms with Gasteiger partial charge in [-0.2, -0.15) is 0 Å². The van der Waals surface area contributed by atoms with Gasteiger partial charge < -0.3 is 5.32 Å². The first-order valence-electron chi connectivity index (χ1n) is 6.51. The topological polar surface area (TPSA) is 32.3 Å². The summed E-state index contributed by atoms with van der Waals surface area (Å²) in [6.45, 7) is 0.879. The molecule has 0 aliphatic heterocycles. The van der Waals surface area contributed by atoms with Gasteiger partial charge in [-0.15, -0.1) is 0 Å². The summed E-state index contributed by atoms with van der Waals surface area (Å²) in [4.78, 5) is 13.8. The van der Waals surface area contributed by atoms with Crippen molar-refractivity contribution in [1.29, 1.82) is 0 Å². The van der Waals surface area contributed by atoms with Gasteiger partial charge in [0.15, 0.2) is 0 Å². The second kappa shape index (κ2) is 7.51. The maximum Gasteiger partial charge on any atom is 0.238 e. The van der Waals surface area contributed by atoms with Crippen molar-refractivity contribution < 1.29 is 9.18 Å². The zero-order valence-electron chi connectivity index (χ0n) is 11.6. The number of carbonyl (C=O) groups excluding carboxylic acids is 1. The number of nitrogens with one attached hydrogen (secondary N) is 1. The molecule has 1 amide bonds. The predicted molar refractivity (Wildman–Crippen MR) is 90.5 cm³/mol. The summed E-state index contributed by atoms with van der Waals surface area (Å²) >= 11 is 2.22. The minimum atomic E-state index is -0.252. The van der Waals surface area contributed by atoms with Crippen LogP contribution in [0.1, 0.15) is 5.56 Å². The molecule has 0 fully saturated rings. The molecule has 0 spiro atoms. The molecule has 0 radical (unpaired) electrons. The van der Waals surface area contributed by atoms with E-state index >= 15 is 0 Å². The smallest absolute Gasteiger partial charge is 0.238 e. The minimum absolute atomic E-state index is 0.0687. The van der Waals surface area contributed by atoms with Crippen LogP contribution in [-0.4, -0.2) is 24.4 Å². The van der Waals surface area contributed by atoms with E-state index in [-0.39, 0.29) is 18.3 Å². The van der Waals surface area contributed by atoms with Crippen LogP contribution in [0, 0.1) is 9.39 Å². The Hall–Kier alpha value is -1.47. The van der Waals surface area contributed by atoms with Crippen LogP contribution in [0.2, 0.25) is 0 Å². The van der Waals surface area contributed by atoms with E-state index in [0.29, 0.717) is 6.54 Å². The maximum absolute atomic E-state index is 12.8. The molecule has 2 aromatic carbocycles. The SMILES string of the molecule is CN(CC(=O)Nc1ccc(I)cc1)Cc1ccc(F)cc1. The first-order chi connectivity index (χ1) is 10.0. The van der Waals surface area contributed by atoms with Gasteiger partial charge >= 0.3 is 0 Å². The van der Waals surface area contributed by atoms with Gasteiger partial charge in [0, 0.05) is 15.8 Å². The molecule has 2 aromatic rings. The average molecular weight is 398 g/mol. The van der Waals surface area contributed by atoms with E-state index in [1.807, 2.05) is 36.2 Å². The van der Waals surface area contributed by atoms with Crippen molar-refractivity contribution in [2.45, 2.75) is 6.54 Å². The fourth-order valence-corrected chi connectivity index (χ4v) is 2.30. The molecular weight excluding hydrogens is 382 g/mol. The van der Waals surface area contributed by atoms with Gasteiger partial charge in [0.25, 0.3) is 0 Å². The van der Waals surface area contributed by atoms with Gasteiger partial charge in [-0.1, -0.05) is 12.1 Å². The molecule has 0 unspecified atom stereocenters. The van der Waals surface area contributed by atoms with E-state index in [4.69, 9.17) is 0 Å². The van der Waals surface area contributed by atoms with Crippen molar-refractivity contribution in [2.24, 2.45) is 0 Å². The highest BCUT2D eigenvalue weighted by molar-refractivity contribution is 14.1. The summed E-state index contributed by atoms with van der Waals surface area (Å²) in [6.07, 6.45) is 0. The number of anilines is 1. The lowest BCUT2D eigenvalue weighted by atomic mass is 10.2. The molecule has 0 aliphatic rings. The van der Waals surface area contributed by atoms with Crippen molar-refractivity contribution in [3.8, 4) is 0 Å². The zero-order chi connectivity index (χ0) is 15.2. The number of rotatable bonds is 5. The Kier molecular flexibility index (Phi) is 5.69. The number of amides is 1. The van der Waals surface area contributed by atoms with Crippen LogP contribution in [0.4, 0.5) is 10.1 Å². The quantitative estimate of drug-likeness (QED) is 0.783. The number of likely N-dealkylation sites (N-methyl/N-ethyl adjacent to an activating group) is 1. The Morgan fingerprint density at radius 3 is 2.38 bits per heavy atom. The second-order valence-electron chi connectivity index (χ2n) is 4.85. The Balaban J connectivity index is 1.84. The lowest BCUT2D eigenvalue weighted by Crippen LogP contribution is -2.29. The van der Waals surface area contributed by atoms with Gasteiger partial charge in [-0.25, -0.2) is 4.39 Å². The number of hydrogen-bond acceptors (Lipinski definition) is 2. The molecule has 2 rings (SSSR count). The van der Waals surface area contributed by atoms with E-state index in [9.17, 15) is 9.18 Å². The fourth-order valence-electron chi connectivity index (χ4n) is 1.94. The van der Waals surface area contributed by atoms with E-state index in [1.165, 1.54) is 12.1 Å². The maximum atomic E-state index is 12.8. The first kappa shape index (κ1) is 15.9. The third kappa shape index (κ3) is 5.43. The molecule has 1 N–H and O–H groups in total. The highest BCUT2D eigenvalue weighted by Gasteiger charge is 2.07. The summed E-state index contributed by atoms with van der Waals surface area (Å²) < 4.78 is 14.0. The van der Waals surface area contributed by atoms with Crippen molar-refractivity contribution >= 4 is 34.2 Å². The van der Waals surface area contributed by atoms with Crippen molar-refractivity contribution in [3.63, 3.8) is 0 Å². The minimum Gasteiger partial charge on any atom is -0.325 e. The van der Waals surface area contributed by atoms with Crippen LogP contribution in [0.3, 0.4) is 0 Å². The van der Waals surface area contributed by atoms with Crippen LogP contribution < -0.4 is 5.32 Å². The number of benzene rings is 2. The second-order valence-corrected chi connectivity index (χ2v) is 6.10. The summed E-state index contributed by atoms with van der Waals surface area (Å²) in [6, 6.07) is 13.9. The summed E-state index contributed by atoms with van der Waals surface area (Å²) in [5.74, 6) is -0.321. The van der Waals surface area contributed by atoms with Gasteiger partial charge in [0.2, 0.25) is 5.91 Å². The van der Waals surface area contributed by atoms with Gasteiger partial charge in [0.1, 0.15) is 5.82 Å². The molecule has 21 heavy (non-hydrogen) atoms. The highest BCUT2D eigenvalue weighted by Crippen LogP contribution is 2.11. The third-order valence-corrected chi connectivity index (χ3v) is 3.63. The Morgan fingerprint density at radius 2 is 1.76 bits per heavy atom. The molecule has 0 heterocycles. The number of carbonyl (C=O) groups is 1. The summed E-state index contributed by atoms with van der Waals surface area (Å²) in [5, 5.41) is 2.85. The Bertz CT molecular complexity index is 599. The Labute approximate surface area is 137 Å². The monoisotopic (exact) mass is 398 g/mol. The predicted octanol–water partition coefficient (Wildman–Crippen LogP) is 3.50. The number of halogens is 2. The fraction of sp³-hybridized carbons (Fsp3) is 0.188. The molecule has 5 heteroatoms. The van der Waals surface area contributed by atoms with Gasteiger partial charge in [-0.05, 0) is 71.6 Å². The molecule has 0 saturated carbocycles. The standard InChI is InChI=1S/C16H16FIN2O/c1-20(10-12-2-4-13(17)5-3-12)11-16(21)19-15-8-6-14(18)7-9-15/h2-9H,10-11H2,1H3,(H,19,21). The molecule has 0 atom stereocenters. The van der Waals surface area contributed by atoms with E-state index in [1.54, 1.807) is 12.1 Å². The van der Waals surface area contributed by atoms with Crippen molar-refractivity contribution in [1.82, 2.24) is 4.90 Å². The molecule has 0 saturated heterocycles. The van der Waals surface area contributed by atoms with Crippen LogP contribution in [0.25, 0.3) is 0 Å². The summed E-state index contributed by atoms with van der Waals surface area (Å²) in [7, 11) is 1.86. The zero-order valence-corrected chi connectivity index (χ0v) is 13.8. The van der Waals surface area contributed by atoms with Crippen molar-refractivity contribution in [2.75, 3.05) is 18.9 Å². The lowest BCUT2D eigenvalue weighted by Gasteiger charge is -2.16. The van der Waals surface area contributed by atoms with Crippen LogP contribution in [-0.2, 0) is 11.3 Å². The molecular formula is C16H16FIN2O. The molecule has 110 valence electrons. The van der Waals surface area contributed by atoms with Gasteiger partial charge in [0.05, 0.1) is 6.54 Å². The van der Waals surface area contributed by atoms with Crippen LogP contribution >= 0.6 is 22.6 Å². The van der Waals surface area contributed by atoms with E-state index in [2.05, 4.69) is 27.9 Å². The van der Waals surface area contributed by atoms with Crippen molar-refractivity contribution in [3.05, 3.63) is 63.5 Å². The first-order valence-corrected chi connectivity index (χ1v) is 7.59. The lowest BCUT2D eigenvalue weighted by molar-refractivity contribution is -0.117. The molecule has 0 bridgehead atoms. The van der Waals surface area contributed by atoms with Crippen LogP contribution in [0.15, 0.2) is 48.5 Å².